The highest BCUT2D eigenvalue weighted by atomic mass is 16.6. The third kappa shape index (κ3) is 4.49. The van der Waals surface area contributed by atoms with E-state index >= 15 is 0 Å². The van der Waals surface area contributed by atoms with Gasteiger partial charge in [0.1, 0.15) is 17.5 Å². The van der Waals surface area contributed by atoms with Crippen molar-refractivity contribution in [3.8, 4) is 0 Å². The first-order valence-corrected chi connectivity index (χ1v) is 8.33. The van der Waals surface area contributed by atoms with Crippen LogP contribution in [-0.4, -0.2) is 54.2 Å². The zero-order valence-electron chi connectivity index (χ0n) is 16.0. The van der Waals surface area contributed by atoms with Gasteiger partial charge in [-0.15, -0.1) is 0 Å². The molecule has 2 rings (SSSR count). The predicted octanol–water partition coefficient (Wildman–Crippen LogP) is 2.30. The Morgan fingerprint density at radius 1 is 1.11 bits per heavy atom. The fourth-order valence-corrected chi connectivity index (χ4v) is 2.68. The smallest absolute Gasteiger partial charge is 0.310 e. The molecule has 1 aromatic carbocycles. The van der Waals surface area contributed by atoms with Crippen molar-refractivity contribution in [1.82, 2.24) is 9.97 Å². The molecule has 9 nitrogen and oxygen atoms in total. The van der Waals surface area contributed by atoms with Crippen molar-refractivity contribution in [2.24, 2.45) is 0 Å². The Hall–Kier alpha value is -3.23. The molecular formula is C18H23N5O4. The average Bonchev–Trinajstić information content (AvgIpc) is 2.60. The Bertz CT molecular complexity index is 820. The summed E-state index contributed by atoms with van der Waals surface area (Å²) in [7, 11) is 7.20. The molecule has 1 N–H and O–H groups in total. The van der Waals surface area contributed by atoms with Crippen molar-refractivity contribution in [2.75, 3.05) is 38.0 Å². The van der Waals surface area contributed by atoms with Gasteiger partial charge in [0.15, 0.2) is 0 Å². The lowest BCUT2D eigenvalue weighted by molar-refractivity contribution is -0.384. The Balaban J connectivity index is 2.51. The molecule has 1 atom stereocenters. The molecule has 9 heteroatoms. The lowest BCUT2D eigenvalue weighted by Crippen LogP contribution is -2.24. The van der Waals surface area contributed by atoms with Gasteiger partial charge in [-0.2, -0.15) is 0 Å². The Kier molecular flexibility index (Phi) is 5.94. The summed E-state index contributed by atoms with van der Waals surface area (Å²) in [6.07, 6.45) is 0.376. The topological polar surface area (TPSA) is 113 Å². The molecule has 2 aromatic rings. The third-order valence-electron chi connectivity index (χ3n) is 4.11. The number of nitro benzene ring substituents is 1. The summed E-state index contributed by atoms with van der Waals surface area (Å²) in [5.41, 5.74) is 1.40. The second-order valence-electron chi connectivity index (χ2n) is 6.65. The first-order chi connectivity index (χ1) is 12.6. The molecule has 0 aliphatic carbocycles. The highest BCUT2D eigenvalue weighted by molar-refractivity contribution is 5.81. The quantitative estimate of drug-likeness (QED) is 0.580. The number of carboxylic acids is 1. The maximum atomic E-state index is 11.6. The summed E-state index contributed by atoms with van der Waals surface area (Å²) in [6.45, 7) is 1.61. The van der Waals surface area contributed by atoms with Crippen LogP contribution in [0.25, 0.3) is 0 Å². The van der Waals surface area contributed by atoms with E-state index in [0.717, 1.165) is 5.56 Å². The van der Waals surface area contributed by atoms with Crippen LogP contribution in [0, 0.1) is 10.1 Å². The second-order valence-corrected chi connectivity index (χ2v) is 6.65. The van der Waals surface area contributed by atoms with Gasteiger partial charge in [0.25, 0.3) is 5.69 Å². The van der Waals surface area contributed by atoms with Crippen molar-refractivity contribution in [3.63, 3.8) is 0 Å². The molecule has 1 heterocycles. The number of aromatic nitrogens is 2. The summed E-state index contributed by atoms with van der Waals surface area (Å²) in [6, 6.07) is 6.21. The molecular weight excluding hydrogens is 351 g/mol. The highest BCUT2D eigenvalue weighted by Crippen LogP contribution is 2.33. The van der Waals surface area contributed by atoms with Gasteiger partial charge in [0.2, 0.25) is 0 Å². The number of rotatable bonds is 7. The normalized spacial score (nSPS) is 11.7. The molecule has 0 fully saturated rings. The van der Waals surface area contributed by atoms with E-state index in [9.17, 15) is 20.0 Å². The van der Waals surface area contributed by atoms with E-state index in [1.807, 2.05) is 0 Å². The number of hydrogen-bond donors (Lipinski definition) is 1. The van der Waals surface area contributed by atoms with Crippen LogP contribution < -0.4 is 9.80 Å². The molecule has 0 aliphatic rings. The minimum Gasteiger partial charge on any atom is -0.481 e. The number of nitrogens with zero attached hydrogens (tertiary/aromatic N) is 5. The number of hydrogen-bond acceptors (Lipinski definition) is 7. The lowest BCUT2D eigenvalue weighted by Gasteiger charge is -2.25. The maximum absolute atomic E-state index is 11.6. The predicted molar refractivity (Wildman–Crippen MR) is 103 cm³/mol. The summed E-state index contributed by atoms with van der Waals surface area (Å²) in [4.78, 5) is 34.6. The molecule has 144 valence electrons. The lowest BCUT2D eigenvalue weighted by atomic mass is 10.0. The zero-order valence-corrected chi connectivity index (χ0v) is 16.0. The van der Waals surface area contributed by atoms with E-state index in [2.05, 4.69) is 9.97 Å². The molecule has 1 aromatic heterocycles. The number of benzene rings is 1. The standard InChI is InChI=1S/C18H23N5O4/c1-11(18(24)25)15-16(21(2)3)19-14(20-17(15)22(4)5)10-12-6-8-13(9-7-12)23(26)27/h6-9,11H,10H2,1-5H3,(H,24,25)/i6+1. The molecule has 1 unspecified atom stereocenters. The van der Waals surface area contributed by atoms with Crippen LogP contribution in [0.2, 0.25) is 0 Å². The van der Waals surface area contributed by atoms with E-state index in [-0.39, 0.29) is 5.69 Å². The van der Waals surface area contributed by atoms with Gasteiger partial charge in [-0.05, 0) is 12.5 Å². The fourth-order valence-electron chi connectivity index (χ4n) is 2.68. The van der Waals surface area contributed by atoms with Gasteiger partial charge in [-0.3, -0.25) is 14.9 Å². The molecule has 0 saturated heterocycles. The van der Waals surface area contributed by atoms with Gasteiger partial charge >= 0.3 is 5.97 Å². The first kappa shape index (κ1) is 20.1. The summed E-state index contributed by atoms with van der Waals surface area (Å²) in [5.74, 6) is -0.125. The number of anilines is 2. The monoisotopic (exact) mass is 374 g/mol. The fraction of sp³-hybridized carbons (Fsp3) is 0.389. The van der Waals surface area contributed by atoms with E-state index < -0.39 is 16.8 Å². The summed E-state index contributed by atoms with van der Waals surface area (Å²) < 4.78 is 0. The molecule has 0 spiro atoms. The number of aliphatic carboxylic acids is 1. The summed E-state index contributed by atoms with van der Waals surface area (Å²) in [5, 5.41) is 20.3. The number of carboxylic acid groups (broad SMARTS) is 1. The second kappa shape index (κ2) is 7.98. The van der Waals surface area contributed by atoms with Crippen LogP contribution in [0.4, 0.5) is 17.3 Å². The van der Waals surface area contributed by atoms with Crippen LogP contribution in [0.15, 0.2) is 24.3 Å². The molecule has 0 aliphatic heterocycles. The molecule has 0 radical (unpaired) electrons. The van der Waals surface area contributed by atoms with E-state index in [1.165, 1.54) is 12.1 Å². The van der Waals surface area contributed by atoms with E-state index in [1.54, 1.807) is 57.0 Å². The van der Waals surface area contributed by atoms with Crippen molar-refractivity contribution >= 4 is 23.3 Å². The van der Waals surface area contributed by atoms with Gasteiger partial charge < -0.3 is 14.9 Å². The van der Waals surface area contributed by atoms with Gasteiger partial charge in [0.05, 0.1) is 16.4 Å². The van der Waals surface area contributed by atoms with Crippen LogP contribution >= 0.6 is 0 Å². The van der Waals surface area contributed by atoms with Crippen LogP contribution in [0.3, 0.4) is 0 Å². The average molecular weight is 374 g/mol. The third-order valence-corrected chi connectivity index (χ3v) is 4.11. The first-order valence-electron chi connectivity index (χ1n) is 8.33. The minimum atomic E-state index is -0.951. The molecule has 0 amide bonds. The molecule has 27 heavy (non-hydrogen) atoms. The minimum absolute atomic E-state index is 0.0215. The van der Waals surface area contributed by atoms with Crippen molar-refractivity contribution < 1.29 is 14.8 Å². The largest absolute Gasteiger partial charge is 0.481 e. The van der Waals surface area contributed by atoms with Gasteiger partial charge in [-0.1, -0.05) is 12.1 Å². The SMILES string of the molecule is CC(C(=O)O)c1c(N(C)C)nc(Cc2ccc([N+](=O)[O-])c[13cH]2)nc1N(C)C. The maximum Gasteiger partial charge on any atom is 0.310 e. The zero-order chi connectivity index (χ0) is 20.3. The number of nitro groups is 1. The Morgan fingerprint density at radius 2 is 1.59 bits per heavy atom. The number of non-ortho nitro benzene ring substituents is 1. The molecule has 0 saturated carbocycles. The Morgan fingerprint density at radius 3 is 1.96 bits per heavy atom. The highest BCUT2D eigenvalue weighted by Gasteiger charge is 2.26. The van der Waals surface area contributed by atoms with Crippen LogP contribution in [-0.2, 0) is 11.2 Å². The van der Waals surface area contributed by atoms with Gasteiger partial charge in [0, 0.05) is 46.7 Å². The van der Waals surface area contributed by atoms with E-state index in [4.69, 9.17) is 0 Å². The Labute approximate surface area is 157 Å². The van der Waals surface area contributed by atoms with Crippen molar-refractivity contribution in [2.45, 2.75) is 19.3 Å². The van der Waals surface area contributed by atoms with Crippen molar-refractivity contribution in [1.29, 1.82) is 0 Å². The van der Waals surface area contributed by atoms with Crippen LogP contribution in [0.5, 0.6) is 0 Å². The summed E-state index contributed by atoms with van der Waals surface area (Å²) >= 11 is 0. The van der Waals surface area contributed by atoms with Crippen LogP contribution in [0.1, 0.15) is 29.8 Å². The molecule has 0 bridgehead atoms. The van der Waals surface area contributed by atoms with E-state index in [0.29, 0.717) is 29.4 Å². The van der Waals surface area contributed by atoms with Crippen molar-refractivity contribution in [3.05, 3.63) is 51.3 Å². The number of carbonyl (C=O) groups is 1. The van der Waals surface area contributed by atoms with Gasteiger partial charge in [-0.25, -0.2) is 9.97 Å².